The molecule has 0 amide bonds. The zero-order valence-electron chi connectivity index (χ0n) is 11.7. The first kappa shape index (κ1) is 14.5. The van der Waals surface area contributed by atoms with E-state index in [1.807, 2.05) is 11.8 Å². The summed E-state index contributed by atoms with van der Waals surface area (Å²) >= 11 is 5.57. The van der Waals surface area contributed by atoms with Crippen LogP contribution in [0, 0.1) is 0 Å². The van der Waals surface area contributed by atoms with E-state index in [-0.39, 0.29) is 0 Å². The van der Waals surface area contributed by atoms with E-state index < -0.39 is 0 Å². The number of benzene rings is 1. The molecule has 0 bridgehead atoms. The molecule has 0 spiro atoms. The van der Waals surface area contributed by atoms with Gasteiger partial charge in [0.15, 0.2) is 11.5 Å². The normalized spacial score (nSPS) is 24.9. The second kappa shape index (κ2) is 6.58. The van der Waals surface area contributed by atoms with Gasteiger partial charge in [-0.2, -0.15) is 11.8 Å². The van der Waals surface area contributed by atoms with Crippen LogP contribution < -0.4 is 14.8 Å². The highest BCUT2D eigenvalue weighted by Crippen LogP contribution is 2.38. The van der Waals surface area contributed by atoms with Crippen molar-refractivity contribution in [2.75, 3.05) is 19.5 Å². The number of hydrogen-bond donors (Lipinski definition) is 1. The Labute approximate surface area is 132 Å². The van der Waals surface area contributed by atoms with Gasteiger partial charge in [-0.25, -0.2) is 0 Å². The molecule has 1 aromatic carbocycles. The van der Waals surface area contributed by atoms with Crippen molar-refractivity contribution in [3.63, 3.8) is 0 Å². The fraction of sp³-hybridized carbons (Fsp3) is 0.600. The van der Waals surface area contributed by atoms with Crippen LogP contribution in [0.2, 0.25) is 0 Å². The number of rotatable bonds is 4. The van der Waals surface area contributed by atoms with Crippen LogP contribution in [0.1, 0.15) is 24.8 Å². The first-order chi connectivity index (χ1) is 9.76. The fourth-order valence-electron chi connectivity index (χ4n) is 2.87. The molecular weight excluding hydrogens is 338 g/mol. The predicted molar refractivity (Wildman–Crippen MR) is 86.9 cm³/mol. The van der Waals surface area contributed by atoms with E-state index in [0.29, 0.717) is 19.3 Å². The number of ether oxygens (including phenoxy) is 2. The lowest BCUT2D eigenvalue weighted by molar-refractivity contribution is 0.170. The minimum absolute atomic E-state index is 0.626. The van der Waals surface area contributed by atoms with E-state index in [0.717, 1.165) is 27.8 Å². The first-order valence-corrected chi connectivity index (χ1v) is 9.18. The Morgan fingerprint density at radius 2 is 2.15 bits per heavy atom. The highest BCUT2D eigenvalue weighted by atomic mass is 79.9. The summed E-state index contributed by atoms with van der Waals surface area (Å²) < 4.78 is 12.3. The van der Waals surface area contributed by atoms with Gasteiger partial charge in [-0.15, -0.1) is 0 Å². The Kier molecular flexibility index (Phi) is 4.79. The second-order valence-electron chi connectivity index (χ2n) is 5.35. The maximum absolute atomic E-state index is 5.67. The number of thioether (sulfide) groups is 1. The molecule has 1 aromatic rings. The Balaban J connectivity index is 1.62. The van der Waals surface area contributed by atoms with Crippen LogP contribution in [0.3, 0.4) is 0 Å². The zero-order valence-corrected chi connectivity index (χ0v) is 14.1. The van der Waals surface area contributed by atoms with Crippen LogP contribution in [-0.4, -0.2) is 30.8 Å². The topological polar surface area (TPSA) is 30.5 Å². The maximum Gasteiger partial charge on any atom is 0.175 e. The molecular formula is C15H20BrNO2S. The van der Waals surface area contributed by atoms with E-state index in [1.165, 1.54) is 24.8 Å². The molecule has 1 aliphatic carbocycles. The summed E-state index contributed by atoms with van der Waals surface area (Å²) in [5.74, 6) is 1.69. The second-order valence-corrected chi connectivity index (χ2v) is 7.34. The van der Waals surface area contributed by atoms with Crippen LogP contribution in [0.5, 0.6) is 11.5 Å². The quantitative estimate of drug-likeness (QED) is 0.891. The molecule has 3 rings (SSSR count). The van der Waals surface area contributed by atoms with Crippen LogP contribution >= 0.6 is 27.7 Å². The molecule has 5 heteroatoms. The van der Waals surface area contributed by atoms with Crippen molar-refractivity contribution in [3.8, 4) is 11.5 Å². The lowest BCUT2D eigenvalue weighted by Crippen LogP contribution is -2.26. The Bertz CT molecular complexity index is 483. The summed E-state index contributed by atoms with van der Waals surface area (Å²) in [6.07, 6.45) is 6.12. The van der Waals surface area contributed by atoms with E-state index in [9.17, 15) is 0 Å². The molecule has 2 atom stereocenters. The Morgan fingerprint density at radius 1 is 1.30 bits per heavy atom. The van der Waals surface area contributed by atoms with E-state index in [2.05, 4.69) is 39.6 Å². The third kappa shape index (κ3) is 3.26. The fourth-order valence-corrected chi connectivity index (χ4v) is 4.27. The number of fused-ring (bicyclic) bond motifs is 1. The van der Waals surface area contributed by atoms with Crippen molar-refractivity contribution in [2.45, 2.75) is 37.1 Å². The maximum atomic E-state index is 5.67. The van der Waals surface area contributed by atoms with Crippen LogP contribution in [-0.2, 0) is 6.54 Å². The molecule has 2 aliphatic rings. The van der Waals surface area contributed by atoms with Gasteiger partial charge in [0.25, 0.3) is 0 Å². The Morgan fingerprint density at radius 3 is 2.95 bits per heavy atom. The number of nitrogens with one attached hydrogen (secondary N) is 1. The molecule has 0 radical (unpaired) electrons. The molecule has 0 saturated heterocycles. The van der Waals surface area contributed by atoms with Crippen molar-refractivity contribution >= 4 is 27.7 Å². The first-order valence-electron chi connectivity index (χ1n) is 7.10. The van der Waals surface area contributed by atoms with Crippen LogP contribution in [0.25, 0.3) is 0 Å². The third-order valence-electron chi connectivity index (χ3n) is 3.97. The zero-order chi connectivity index (χ0) is 13.9. The van der Waals surface area contributed by atoms with Gasteiger partial charge in [0.2, 0.25) is 0 Å². The van der Waals surface area contributed by atoms with Gasteiger partial charge in [0.1, 0.15) is 13.2 Å². The molecule has 1 N–H and O–H groups in total. The van der Waals surface area contributed by atoms with Crippen molar-refractivity contribution in [1.82, 2.24) is 5.32 Å². The number of hydrogen-bond acceptors (Lipinski definition) is 4. The van der Waals surface area contributed by atoms with Crippen molar-refractivity contribution in [2.24, 2.45) is 0 Å². The highest BCUT2D eigenvalue weighted by molar-refractivity contribution is 9.10. The molecule has 1 saturated carbocycles. The SMILES string of the molecule is CSC1CCC(NCc2cc(Br)c3c(c2)OCCO3)C1. The molecule has 1 heterocycles. The van der Waals surface area contributed by atoms with Gasteiger partial charge in [-0.05, 0) is 59.1 Å². The van der Waals surface area contributed by atoms with Crippen molar-refractivity contribution < 1.29 is 9.47 Å². The minimum atomic E-state index is 0.626. The summed E-state index contributed by atoms with van der Waals surface area (Å²) in [6.45, 7) is 2.15. The molecule has 1 aliphatic heterocycles. The van der Waals surface area contributed by atoms with Gasteiger partial charge in [-0.1, -0.05) is 0 Å². The highest BCUT2D eigenvalue weighted by Gasteiger charge is 2.23. The minimum Gasteiger partial charge on any atom is -0.486 e. The monoisotopic (exact) mass is 357 g/mol. The average Bonchev–Trinajstić information content (AvgIpc) is 2.93. The molecule has 20 heavy (non-hydrogen) atoms. The molecule has 110 valence electrons. The third-order valence-corrected chi connectivity index (χ3v) is 5.65. The van der Waals surface area contributed by atoms with Gasteiger partial charge < -0.3 is 14.8 Å². The van der Waals surface area contributed by atoms with E-state index >= 15 is 0 Å². The molecule has 2 unspecified atom stereocenters. The smallest absolute Gasteiger partial charge is 0.175 e. The van der Waals surface area contributed by atoms with Gasteiger partial charge >= 0.3 is 0 Å². The van der Waals surface area contributed by atoms with Gasteiger partial charge in [0, 0.05) is 17.8 Å². The van der Waals surface area contributed by atoms with E-state index in [1.54, 1.807) is 0 Å². The van der Waals surface area contributed by atoms with Crippen molar-refractivity contribution in [3.05, 3.63) is 22.2 Å². The summed E-state index contributed by atoms with van der Waals surface area (Å²) in [4.78, 5) is 0. The summed E-state index contributed by atoms with van der Waals surface area (Å²) in [5.41, 5.74) is 1.24. The molecule has 1 fully saturated rings. The average molecular weight is 358 g/mol. The Hall–Kier alpha value is -0.390. The van der Waals surface area contributed by atoms with Crippen molar-refractivity contribution in [1.29, 1.82) is 0 Å². The standard InChI is InChI=1S/C15H20BrNO2S/c1-20-12-3-2-11(8-12)17-9-10-6-13(16)15-14(7-10)18-4-5-19-15/h6-7,11-12,17H,2-5,8-9H2,1H3. The summed E-state index contributed by atoms with van der Waals surface area (Å²) in [6, 6.07) is 4.87. The predicted octanol–water partition coefficient (Wildman–Crippen LogP) is 3.59. The van der Waals surface area contributed by atoms with Gasteiger partial charge in [0.05, 0.1) is 4.47 Å². The van der Waals surface area contributed by atoms with Crippen LogP contribution in [0.4, 0.5) is 0 Å². The molecule has 3 nitrogen and oxygen atoms in total. The van der Waals surface area contributed by atoms with Crippen LogP contribution in [0.15, 0.2) is 16.6 Å². The molecule has 0 aromatic heterocycles. The summed E-state index contributed by atoms with van der Waals surface area (Å²) in [5, 5.41) is 4.50. The summed E-state index contributed by atoms with van der Waals surface area (Å²) in [7, 11) is 0. The van der Waals surface area contributed by atoms with Gasteiger partial charge in [-0.3, -0.25) is 0 Å². The lowest BCUT2D eigenvalue weighted by Gasteiger charge is -2.21. The van der Waals surface area contributed by atoms with E-state index in [4.69, 9.17) is 9.47 Å². The largest absolute Gasteiger partial charge is 0.486 e. The lowest BCUT2D eigenvalue weighted by atomic mass is 10.1. The number of halogens is 1.